The van der Waals surface area contributed by atoms with Gasteiger partial charge in [0.05, 0.1) is 18.4 Å². The van der Waals surface area contributed by atoms with Crippen LogP contribution in [0.25, 0.3) is 17.1 Å². The van der Waals surface area contributed by atoms with Crippen molar-refractivity contribution in [1.29, 1.82) is 0 Å². The standard InChI is InChI=1S/C24H23N5O2/c1-17-8-11-20(12-9-17)25-15-23(30)27-26-14-19-16-29(21-6-4-3-5-7-21)28-24(19)22-13-10-18(2)31-22/h3-14,16,25H,15H2,1-2H3,(H,27,30)/b26-14-. The molecule has 0 radical (unpaired) electrons. The Morgan fingerprint density at radius 3 is 2.55 bits per heavy atom. The van der Waals surface area contributed by atoms with E-state index >= 15 is 0 Å². The van der Waals surface area contributed by atoms with Gasteiger partial charge in [-0.05, 0) is 50.2 Å². The van der Waals surface area contributed by atoms with Crippen LogP contribution in [-0.2, 0) is 4.79 Å². The number of nitrogens with one attached hydrogen (secondary N) is 2. The topological polar surface area (TPSA) is 84.5 Å². The highest BCUT2D eigenvalue weighted by molar-refractivity contribution is 5.89. The molecule has 0 atom stereocenters. The maximum absolute atomic E-state index is 12.1. The molecule has 7 heteroatoms. The lowest BCUT2D eigenvalue weighted by molar-refractivity contribution is -0.119. The Morgan fingerprint density at radius 1 is 1.06 bits per heavy atom. The van der Waals surface area contributed by atoms with Gasteiger partial charge in [-0.15, -0.1) is 0 Å². The maximum atomic E-state index is 12.1. The van der Waals surface area contributed by atoms with Gasteiger partial charge < -0.3 is 9.73 Å². The second-order valence-corrected chi connectivity index (χ2v) is 7.14. The van der Waals surface area contributed by atoms with Crippen molar-refractivity contribution in [2.75, 3.05) is 11.9 Å². The van der Waals surface area contributed by atoms with Crippen molar-refractivity contribution in [3.63, 3.8) is 0 Å². The monoisotopic (exact) mass is 413 g/mol. The van der Waals surface area contributed by atoms with E-state index in [4.69, 9.17) is 4.42 Å². The molecule has 0 unspecified atom stereocenters. The first-order valence-electron chi connectivity index (χ1n) is 9.93. The summed E-state index contributed by atoms with van der Waals surface area (Å²) in [5.74, 6) is 1.19. The first-order chi connectivity index (χ1) is 15.1. The van der Waals surface area contributed by atoms with Gasteiger partial charge in [-0.3, -0.25) is 4.79 Å². The van der Waals surface area contributed by atoms with Gasteiger partial charge in [-0.25, -0.2) is 10.1 Å². The molecule has 0 aliphatic heterocycles. The number of nitrogens with zero attached hydrogens (tertiary/aromatic N) is 3. The molecule has 0 spiro atoms. The van der Waals surface area contributed by atoms with Crippen LogP contribution in [0.1, 0.15) is 16.9 Å². The summed E-state index contributed by atoms with van der Waals surface area (Å²) in [6.07, 6.45) is 3.42. The fraction of sp³-hybridized carbons (Fsp3) is 0.125. The molecule has 1 amide bonds. The van der Waals surface area contributed by atoms with Gasteiger partial charge in [-0.1, -0.05) is 35.9 Å². The summed E-state index contributed by atoms with van der Waals surface area (Å²) < 4.78 is 7.51. The Morgan fingerprint density at radius 2 is 1.84 bits per heavy atom. The molecule has 0 aliphatic rings. The highest BCUT2D eigenvalue weighted by Gasteiger charge is 2.14. The predicted octanol–water partition coefficient (Wildman–Crippen LogP) is 4.31. The van der Waals surface area contributed by atoms with Crippen molar-refractivity contribution in [3.05, 3.63) is 89.8 Å². The molecule has 0 saturated carbocycles. The maximum Gasteiger partial charge on any atom is 0.259 e. The SMILES string of the molecule is Cc1ccc(NCC(=O)N/N=C\c2cn(-c3ccccc3)nc2-c2ccc(C)o2)cc1. The van der Waals surface area contributed by atoms with Crippen LogP contribution in [-0.4, -0.2) is 28.4 Å². The number of aromatic nitrogens is 2. The van der Waals surface area contributed by atoms with Gasteiger partial charge in [0, 0.05) is 17.4 Å². The van der Waals surface area contributed by atoms with Gasteiger partial charge in [-0.2, -0.15) is 10.2 Å². The van der Waals surface area contributed by atoms with E-state index in [-0.39, 0.29) is 12.5 Å². The average molecular weight is 413 g/mol. The number of para-hydroxylation sites is 1. The van der Waals surface area contributed by atoms with Gasteiger partial charge >= 0.3 is 0 Å². The van der Waals surface area contributed by atoms with E-state index in [1.54, 1.807) is 10.9 Å². The Balaban J connectivity index is 1.47. The summed E-state index contributed by atoms with van der Waals surface area (Å²) in [6, 6.07) is 21.4. The van der Waals surface area contributed by atoms with Crippen molar-refractivity contribution < 1.29 is 9.21 Å². The summed E-state index contributed by atoms with van der Waals surface area (Å²) in [6.45, 7) is 4.02. The second-order valence-electron chi connectivity index (χ2n) is 7.14. The van der Waals surface area contributed by atoms with Crippen molar-refractivity contribution in [2.24, 2.45) is 5.10 Å². The third-order valence-corrected chi connectivity index (χ3v) is 4.63. The number of amides is 1. The number of hydrogen-bond donors (Lipinski definition) is 2. The summed E-state index contributed by atoms with van der Waals surface area (Å²) in [5, 5.41) is 11.8. The average Bonchev–Trinajstić information content (AvgIpc) is 3.40. The minimum atomic E-state index is -0.248. The van der Waals surface area contributed by atoms with Gasteiger partial charge in [0.1, 0.15) is 11.5 Å². The fourth-order valence-corrected chi connectivity index (χ4v) is 3.02. The molecule has 4 aromatic rings. The van der Waals surface area contributed by atoms with Gasteiger partial charge in [0.15, 0.2) is 5.76 Å². The lowest BCUT2D eigenvalue weighted by Gasteiger charge is -2.05. The van der Waals surface area contributed by atoms with Crippen LogP contribution in [0.5, 0.6) is 0 Å². The molecule has 0 fully saturated rings. The highest BCUT2D eigenvalue weighted by Crippen LogP contribution is 2.24. The van der Waals surface area contributed by atoms with E-state index in [9.17, 15) is 4.79 Å². The van der Waals surface area contributed by atoms with E-state index in [2.05, 4.69) is 20.9 Å². The molecule has 2 aromatic heterocycles. The second kappa shape index (κ2) is 9.13. The molecule has 0 aliphatic carbocycles. The number of furan rings is 1. The van der Waals surface area contributed by atoms with E-state index in [1.165, 1.54) is 5.56 Å². The third-order valence-electron chi connectivity index (χ3n) is 4.63. The molecule has 0 saturated heterocycles. The lowest BCUT2D eigenvalue weighted by Crippen LogP contribution is -2.25. The molecule has 7 nitrogen and oxygen atoms in total. The van der Waals surface area contributed by atoms with Gasteiger partial charge in [0.2, 0.25) is 0 Å². The minimum Gasteiger partial charge on any atom is -0.460 e. The van der Waals surface area contributed by atoms with E-state index < -0.39 is 0 Å². The van der Waals surface area contributed by atoms with Crippen LogP contribution in [0.3, 0.4) is 0 Å². The quantitative estimate of drug-likeness (QED) is 0.349. The Hall–Kier alpha value is -4.13. The zero-order valence-electron chi connectivity index (χ0n) is 17.4. The van der Waals surface area contributed by atoms with Crippen LogP contribution in [0.4, 0.5) is 5.69 Å². The summed E-state index contributed by atoms with van der Waals surface area (Å²) in [7, 11) is 0. The van der Waals surface area contributed by atoms with Crippen LogP contribution in [0.15, 0.2) is 82.4 Å². The number of anilines is 1. The number of carbonyl (C=O) groups excluding carboxylic acids is 1. The Kier molecular flexibility index (Phi) is 5.93. The number of benzene rings is 2. The van der Waals surface area contributed by atoms with Crippen molar-refractivity contribution in [1.82, 2.24) is 15.2 Å². The molecule has 0 bridgehead atoms. The zero-order chi connectivity index (χ0) is 21.6. The summed E-state index contributed by atoms with van der Waals surface area (Å²) >= 11 is 0. The smallest absolute Gasteiger partial charge is 0.259 e. The number of carbonyl (C=O) groups is 1. The normalized spacial score (nSPS) is 11.0. The molecular formula is C24H23N5O2. The molecule has 156 valence electrons. The number of hydrazone groups is 1. The fourth-order valence-electron chi connectivity index (χ4n) is 3.02. The number of rotatable bonds is 7. The number of aryl methyl sites for hydroxylation is 2. The highest BCUT2D eigenvalue weighted by atomic mass is 16.3. The van der Waals surface area contributed by atoms with Crippen molar-refractivity contribution >= 4 is 17.8 Å². The lowest BCUT2D eigenvalue weighted by atomic mass is 10.2. The van der Waals surface area contributed by atoms with Crippen LogP contribution in [0, 0.1) is 13.8 Å². The third kappa shape index (κ3) is 5.08. The van der Waals surface area contributed by atoms with Crippen LogP contribution >= 0.6 is 0 Å². The molecule has 4 rings (SSSR count). The van der Waals surface area contributed by atoms with Crippen LogP contribution in [0.2, 0.25) is 0 Å². The molecular weight excluding hydrogens is 390 g/mol. The van der Waals surface area contributed by atoms with E-state index in [0.717, 1.165) is 22.7 Å². The first kappa shape index (κ1) is 20.2. The largest absolute Gasteiger partial charge is 0.460 e. The summed E-state index contributed by atoms with van der Waals surface area (Å²) in [4.78, 5) is 12.1. The van der Waals surface area contributed by atoms with Crippen molar-refractivity contribution in [2.45, 2.75) is 13.8 Å². The number of hydrogen-bond acceptors (Lipinski definition) is 5. The van der Waals surface area contributed by atoms with Crippen molar-refractivity contribution in [3.8, 4) is 17.1 Å². The van der Waals surface area contributed by atoms with Gasteiger partial charge in [0.25, 0.3) is 5.91 Å². The Labute approximate surface area is 180 Å². The van der Waals surface area contributed by atoms with Crippen LogP contribution < -0.4 is 10.7 Å². The minimum absolute atomic E-state index is 0.119. The molecule has 31 heavy (non-hydrogen) atoms. The molecule has 2 heterocycles. The van der Waals surface area contributed by atoms with E-state index in [1.807, 2.05) is 86.8 Å². The molecule has 2 N–H and O–H groups in total. The predicted molar refractivity (Wildman–Crippen MR) is 121 cm³/mol. The summed E-state index contributed by atoms with van der Waals surface area (Å²) in [5.41, 5.74) is 6.88. The Bertz CT molecular complexity index is 1190. The first-order valence-corrected chi connectivity index (χ1v) is 9.93. The van der Waals surface area contributed by atoms with E-state index in [0.29, 0.717) is 11.5 Å². The molecule has 2 aromatic carbocycles. The zero-order valence-corrected chi connectivity index (χ0v) is 17.4.